The van der Waals surface area contributed by atoms with Crippen LogP contribution in [0.3, 0.4) is 0 Å². The number of nitrogens with two attached hydrogens (primary N) is 1. The van der Waals surface area contributed by atoms with Crippen LogP contribution in [-0.4, -0.2) is 44.0 Å². The van der Waals surface area contributed by atoms with Crippen LogP contribution in [0.25, 0.3) is 0 Å². The van der Waals surface area contributed by atoms with Gasteiger partial charge in [0.15, 0.2) is 0 Å². The van der Waals surface area contributed by atoms with Crippen LogP contribution in [0, 0.1) is 0 Å². The van der Waals surface area contributed by atoms with Crippen molar-refractivity contribution < 1.29 is 4.79 Å². The van der Waals surface area contributed by atoms with Crippen LogP contribution in [0.5, 0.6) is 0 Å². The zero-order valence-corrected chi connectivity index (χ0v) is 7.42. The molecule has 1 unspecified atom stereocenters. The molecule has 0 aliphatic carbocycles. The van der Waals surface area contributed by atoms with E-state index < -0.39 is 0 Å². The number of rotatable bonds is 4. The number of amides is 1. The molecule has 4 heteroatoms. The maximum atomic E-state index is 10.7. The highest BCUT2D eigenvalue weighted by Gasteiger charge is 2.04. The number of likely N-dealkylation sites (N-methyl/N-ethyl adjacent to an activating group) is 1. The van der Waals surface area contributed by atoms with E-state index in [2.05, 4.69) is 5.32 Å². The highest BCUT2D eigenvalue weighted by atomic mass is 16.1. The van der Waals surface area contributed by atoms with Crippen LogP contribution < -0.4 is 11.1 Å². The molecule has 11 heavy (non-hydrogen) atoms. The molecule has 0 rings (SSSR count). The van der Waals surface area contributed by atoms with Crippen LogP contribution in [0.4, 0.5) is 0 Å². The van der Waals surface area contributed by atoms with Gasteiger partial charge >= 0.3 is 0 Å². The van der Waals surface area contributed by atoms with Gasteiger partial charge in [-0.15, -0.1) is 0 Å². The van der Waals surface area contributed by atoms with Gasteiger partial charge in [-0.1, -0.05) is 0 Å². The first-order valence-corrected chi connectivity index (χ1v) is 3.71. The Kier molecular flexibility index (Phi) is 4.81. The third-order valence-corrected chi connectivity index (χ3v) is 1.66. The number of hydrogen-bond acceptors (Lipinski definition) is 3. The van der Waals surface area contributed by atoms with E-state index in [1.807, 2.05) is 25.9 Å². The fourth-order valence-electron chi connectivity index (χ4n) is 0.516. The zero-order chi connectivity index (χ0) is 8.85. The molecule has 0 saturated heterocycles. The second kappa shape index (κ2) is 5.09. The van der Waals surface area contributed by atoms with E-state index >= 15 is 0 Å². The Morgan fingerprint density at radius 1 is 1.64 bits per heavy atom. The van der Waals surface area contributed by atoms with E-state index in [1.54, 1.807) is 0 Å². The molecule has 0 fully saturated rings. The van der Waals surface area contributed by atoms with Gasteiger partial charge in [0.1, 0.15) is 0 Å². The van der Waals surface area contributed by atoms with Gasteiger partial charge in [-0.2, -0.15) is 0 Å². The first-order valence-electron chi connectivity index (χ1n) is 3.71. The molecule has 66 valence electrons. The fraction of sp³-hybridized carbons (Fsp3) is 0.857. The first-order chi connectivity index (χ1) is 5.07. The van der Waals surface area contributed by atoms with Crippen LogP contribution >= 0.6 is 0 Å². The second-order valence-electron chi connectivity index (χ2n) is 2.82. The highest BCUT2D eigenvalue weighted by molar-refractivity contribution is 5.77. The molecule has 1 amide bonds. The Labute approximate surface area is 67.7 Å². The maximum Gasteiger partial charge on any atom is 0.233 e. The molecule has 3 N–H and O–H groups in total. The van der Waals surface area contributed by atoms with Gasteiger partial charge in [0.05, 0.1) is 6.54 Å². The Morgan fingerprint density at radius 3 is 2.55 bits per heavy atom. The lowest BCUT2D eigenvalue weighted by atomic mass is 10.3. The van der Waals surface area contributed by atoms with E-state index in [-0.39, 0.29) is 12.5 Å². The minimum Gasteiger partial charge on any atom is -0.353 e. The van der Waals surface area contributed by atoms with Crippen molar-refractivity contribution in [1.29, 1.82) is 0 Å². The van der Waals surface area contributed by atoms with E-state index in [0.29, 0.717) is 12.6 Å². The Morgan fingerprint density at radius 2 is 2.18 bits per heavy atom. The number of carbonyl (C=O) groups is 1. The largest absolute Gasteiger partial charge is 0.353 e. The molecule has 4 nitrogen and oxygen atoms in total. The average molecular weight is 159 g/mol. The number of carbonyl (C=O) groups excluding carboxylic acids is 1. The summed E-state index contributed by atoms with van der Waals surface area (Å²) >= 11 is 0. The summed E-state index contributed by atoms with van der Waals surface area (Å²) in [6.45, 7) is 2.76. The number of nitrogens with one attached hydrogen (secondary N) is 1. The lowest BCUT2D eigenvalue weighted by Crippen LogP contribution is -2.40. The molecule has 0 spiro atoms. The normalized spacial score (nSPS) is 13.2. The van der Waals surface area contributed by atoms with Crippen molar-refractivity contribution in [2.24, 2.45) is 5.73 Å². The summed E-state index contributed by atoms with van der Waals surface area (Å²) < 4.78 is 0. The van der Waals surface area contributed by atoms with Crippen molar-refractivity contribution in [2.45, 2.75) is 13.0 Å². The monoisotopic (exact) mass is 159 g/mol. The van der Waals surface area contributed by atoms with Crippen LogP contribution in [-0.2, 0) is 4.79 Å². The van der Waals surface area contributed by atoms with Gasteiger partial charge in [-0.25, -0.2) is 0 Å². The van der Waals surface area contributed by atoms with Crippen LogP contribution in [0.1, 0.15) is 6.92 Å². The number of hydrogen-bond donors (Lipinski definition) is 2. The standard InChI is InChI=1S/C7H17N3O/c1-6(10(2)3)5-9-7(11)4-8/h6H,4-5,8H2,1-3H3,(H,9,11). The molecule has 0 radical (unpaired) electrons. The quantitative estimate of drug-likeness (QED) is 0.554. The van der Waals surface area contributed by atoms with Crippen molar-refractivity contribution in [2.75, 3.05) is 27.2 Å². The minimum absolute atomic E-state index is 0.0696. The lowest BCUT2D eigenvalue weighted by molar-refractivity contribution is -0.119. The maximum absolute atomic E-state index is 10.7. The van der Waals surface area contributed by atoms with Gasteiger partial charge in [-0.3, -0.25) is 4.79 Å². The predicted molar refractivity (Wildman–Crippen MR) is 45.2 cm³/mol. The molecule has 0 saturated carbocycles. The molecular weight excluding hydrogens is 142 g/mol. The molecule has 1 atom stereocenters. The van der Waals surface area contributed by atoms with E-state index in [1.165, 1.54) is 0 Å². The summed E-state index contributed by atoms with van der Waals surface area (Å²) in [6, 6.07) is 0.352. The molecule has 0 aromatic carbocycles. The van der Waals surface area contributed by atoms with Crippen molar-refractivity contribution in [3.63, 3.8) is 0 Å². The first kappa shape index (κ1) is 10.4. The van der Waals surface area contributed by atoms with Crippen molar-refractivity contribution in [1.82, 2.24) is 10.2 Å². The van der Waals surface area contributed by atoms with Gasteiger partial charge in [0.2, 0.25) is 5.91 Å². The molecule has 0 aromatic heterocycles. The Hall–Kier alpha value is -0.610. The SMILES string of the molecule is CC(CNC(=O)CN)N(C)C. The van der Waals surface area contributed by atoms with Gasteiger partial charge in [0.25, 0.3) is 0 Å². The molecule has 0 aromatic rings. The smallest absolute Gasteiger partial charge is 0.233 e. The summed E-state index contributed by atoms with van der Waals surface area (Å²) in [5.74, 6) is -0.0984. The molecule has 0 aliphatic rings. The minimum atomic E-state index is -0.0984. The summed E-state index contributed by atoms with van der Waals surface area (Å²) in [5, 5.41) is 2.71. The topological polar surface area (TPSA) is 58.4 Å². The zero-order valence-electron chi connectivity index (χ0n) is 7.42. The van der Waals surface area contributed by atoms with Crippen molar-refractivity contribution >= 4 is 5.91 Å². The molecule has 0 aliphatic heterocycles. The molecule has 0 heterocycles. The van der Waals surface area contributed by atoms with Crippen molar-refractivity contribution in [3.05, 3.63) is 0 Å². The van der Waals surface area contributed by atoms with Gasteiger partial charge in [-0.05, 0) is 21.0 Å². The molecular formula is C7H17N3O. The van der Waals surface area contributed by atoms with Gasteiger partial charge in [0, 0.05) is 12.6 Å². The summed E-state index contributed by atoms with van der Waals surface area (Å²) in [6.07, 6.45) is 0. The average Bonchev–Trinajstić information content (AvgIpc) is 1.99. The van der Waals surface area contributed by atoms with E-state index in [0.717, 1.165) is 0 Å². The van der Waals surface area contributed by atoms with Crippen LogP contribution in [0.2, 0.25) is 0 Å². The van der Waals surface area contributed by atoms with E-state index in [4.69, 9.17) is 5.73 Å². The highest BCUT2D eigenvalue weighted by Crippen LogP contribution is 1.87. The molecule has 0 bridgehead atoms. The van der Waals surface area contributed by atoms with Crippen LogP contribution in [0.15, 0.2) is 0 Å². The summed E-state index contributed by atoms with van der Waals surface area (Å²) in [7, 11) is 3.94. The Bertz CT molecular complexity index is 125. The Balaban J connectivity index is 3.45. The fourth-order valence-corrected chi connectivity index (χ4v) is 0.516. The lowest BCUT2D eigenvalue weighted by Gasteiger charge is -2.19. The van der Waals surface area contributed by atoms with Crippen molar-refractivity contribution in [3.8, 4) is 0 Å². The predicted octanol–water partition coefficient (Wildman–Crippen LogP) is -0.989. The number of nitrogens with zero attached hydrogens (tertiary/aromatic N) is 1. The summed E-state index contributed by atoms with van der Waals surface area (Å²) in [4.78, 5) is 12.7. The van der Waals surface area contributed by atoms with Gasteiger partial charge < -0.3 is 16.0 Å². The third-order valence-electron chi connectivity index (χ3n) is 1.66. The second-order valence-corrected chi connectivity index (χ2v) is 2.82. The summed E-state index contributed by atoms with van der Waals surface area (Å²) in [5.41, 5.74) is 5.11. The third kappa shape index (κ3) is 4.75. The van der Waals surface area contributed by atoms with E-state index in [9.17, 15) is 4.79 Å².